The third-order valence-corrected chi connectivity index (χ3v) is 3.55. The number of esters is 2. The van der Waals surface area contributed by atoms with Gasteiger partial charge in [0.25, 0.3) is 5.70 Å². The first-order valence-electron chi connectivity index (χ1n) is 8.86. The van der Waals surface area contributed by atoms with Crippen molar-refractivity contribution in [3.05, 3.63) is 70.4 Å². The summed E-state index contributed by atoms with van der Waals surface area (Å²) in [6.45, 7) is 8.79. The van der Waals surface area contributed by atoms with Crippen molar-refractivity contribution in [2.24, 2.45) is 0 Å². The van der Waals surface area contributed by atoms with Gasteiger partial charge in [-0.3, -0.25) is 4.79 Å². The van der Waals surface area contributed by atoms with E-state index in [0.717, 1.165) is 0 Å². The van der Waals surface area contributed by atoms with E-state index in [4.69, 9.17) is 30.5 Å². The number of hydrogen-bond donors (Lipinski definition) is 1. The fraction of sp³-hybridized carbons (Fsp3) is 0.238. The summed E-state index contributed by atoms with van der Waals surface area (Å²) in [5.74, 6) is -0.505. The zero-order chi connectivity index (χ0) is 21.8. The lowest BCUT2D eigenvalue weighted by molar-refractivity contribution is -0.141. The highest BCUT2D eigenvalue weighted by atomic mass is 16.6. The summed E-state index contributed by atoms with van der Waals surface area (Å²) in [5, 5.41) is 9.04. The van der Waals surface area contributed by atoms with E-state index in [1.54, 1.807) is 43.5 Å². The van der Waals surface area contributed by atoms with Crippen LogP contribution >= 0.6 is 0 Å². The Labute approximate surface area is 173 Å². The van der Waals surface area contributed by atoms with Crippen LogP contribution in [0.5, 0.6) is 0 Å². The topological polar surface area (TPSA) is 119 Å². The van der Waals surface area contributed by atoms with E-state index < -0.39 is 11.9 Å². The van der Waals surface area contributed by atoms with Crippen molar-refractivity contribution >= 4 is 24.1 Å². The van der Waals surface area contributed by atoms with Crippen LogP contribution in [0.15, 0.2) is 46.1 Å². The van der Waals surface area contributed by atoms with Gasteiger partial charge in [0.2, 0.25) is 0 Å². The van der Waals surface area contributed by atoms with Crippen LogP contribution in [0.3, 0.4) is 0 Å². The Bertz CT molecular complexity index is 1000. The lowest BCUT2D eigenvalue weighted by Gasteiger charge is -2.06. The van der Waals surface area contributed by atoms with Crippen LogP contribution in [0.4, 0.5) is 0 Å². The molecule has 9 heteroatoms. The van der Waals surface area contributed by atoms with Gasteiger partial charge in [0.1, 0.15) is 36.4 Å². The molecule has 0 aliphatic carbocycles. The SMILES string of the molecule is [C-]#[N+]/C(=C\c1ccc(C)o1)C(=O)OCCOCCOC(=O)/C(C#N)=C/c1ccc[nH]1. The van der Waals surface area contributed by atoms with Gasteiger partial charge in [0.15, 0.2) is 0 Å². The van der Waals surface area contributed by atoms with Crippen molar-refractivity contribution in [2.75, 3.05) is 26.4 Å². The van der Waals surface area contributed by atoms with Crippen LogP contribution in [0, 0.1) is 24.8 Å². The van der Waals surface area contributed by atoms with Crippen molar-refractivity contribution in [1.29, 1.82) is 5.26 Å². The number of aromatic amines is 1. The molecule has 2 rings (SSSR count). The van der Waals surface area contributed by atoms with Gasteiger partial charge in [0, 0.05) is 11.9 Å². The third-order valence-electron chi connectivity index (χ3n) is 3.55. The molecule has 2 aromatic heterocycles. The van der Waals surface area contributed by atoms with Crippen LogP contribution in [0.2, 0.25) is 0 Å². The molecule has 0 radical (unpaired) electrons. The molecule has 0 saturated carbocycles. The normalized spacial score (nSPS) is 11.4. The number of rotatable bonds is 10. The lowest BCUT2D eigenvalue weighted by Crippen LogP contribution is -2.15. The second kappa shape index (κ2) is 11.7. The predicted octanol–water partition coefficient (Wildman–Crippen LogP) is 2.89. The van der Waals surface area contributed by atoms with E-state index >= 15 is 0 Å². The largest absolute Gasteiger partial charge is 0.468 e. The zero-order valence-electron chi connectivity index (χ0n) is 16.2. The molecule has 2 aromatic rings. The molecule has 30 heavy (non-hydrogen) atoms. The minimum atomic E-state index is -0.790. The van der Waals surface area contributed by atoms with Crippen LogP contribution in [-0.2, 0) is 23.8 Å². The number of carbonyl (C=O) groups excluding carboxylic acids is 2. The average molecular weight is 409 g/mol. The Morgan fingerprint density at radius 2 is 1.90 bits per heavy atom. The molecule has 0 aliphatic rings. The van der Waals surface area contributed by atoms with E-state index in [1.165, 1.54) is 12.2 Å². The maximum atomic E-state index is 11.9. The Kier molecular flexibility index (Phi) is 8.66. The van der Waals surface area contributed by atoms with Gasteiger partial charge in [-0.2, -0.15) is 5.26 Å². The van der Waals surface area contributed by atoms with Gasteiger partial charge in [-0.1, -0.05) is 0 Å². The summed E-state index contributed by atoms with van der Waals surface area (Å²) in [5.41, 5.74) is 0.254. The first-order chi connectivity index (χ1) is 14.5. The fourth-order valence-corrected chi connectivity index (χ4v) is 2.17. The first-order valence-corrected chi connectivity index (χ1v) is 8.86. The second-order valence-electron chi connectivity index (χ2n) is 5.77. The monoisotopic (exact) mass is 409 g/mol. The summed E-state index contributed by atoms with van der Waals surface area (Å²) in [6, 6.07) is 8.59. The van der Waals surface area contributed by atoms with Gasteiger partial charge in [-0.15, -0.1) is 0 Å². The summed E-state index contributed by atoms with van der Waals surface area (Å²) in [7, 11) is 0. The van der Waals surface area contributed by atoms with E-state index in [1.807, 2.05) is 0 Å². The van der Waals surface area contributed by atoms with Crippen molar-refractivity contribution in [1.82, 2.24) is 4.98 Å². The number of hydrogen-bond acceptors (Lipinski definition) is 7. The van der Waals surface area contributed by atoms with Gasteiger partial charge >= 0.3 is 11.9 Å². The Balaban J connectivity index is 1.65. The number of H-pyrrole nitrogens is 1. The fourth-order valence-electron chi connectivity index (χ4n) is 2.17. The van der Waals surface area contributed by atoms with E-state index in [9.17, 15) is 9.59 Å². The molecule has 0 unspecified atom stereocenters. The highest BCUT2D eigenvalue weighted by Crippen LogP contribution is 2.13. The molecule has 0 aliphatic heterocycles. The quantitative estimate of drug-likeness (QED) is 0.211. The van der Waals surface area contributed by atoms with Crippen molar-refractivity contribution in [3.8, 4) is 6.07 Å². The van der Waals surface area contributed by atoms with Crippen molar-refractivity contribution < 1.29 is 28.2 Å². The van der Waals surface area contributed by atoms with E-state index in [2.05, 4.69) is 9.83 Å². The Morgan fingerprint density at radius 3 is 2.47 bits per heavy atom. The molecule has 0 spiro atoms. The number of nitriles is 1. The van der Waals surface area contributed by atoms with Crippen LogP contribution in [0.1, 0.15) is 17.2 Å². The maximum Gasteiger partial charge on any atom is 0.349 e. The molecule has 0 amide bonds. The predicted molar refractivity (Wildman–Crippen MR) is 105 cm³/mol. The van der Waals surface area contributed by atoms with Gasteiger partial charge in [-0.25, -0.2) is 9.64 Å². The first kappa shape index (κ1) is 22.2. The summed E-state index contributed by atoms with van der Waals surface area (Å²) >= 11 is 0. The highest BCUT2D eigenvalue weighted by Gasteiger charge is 2.13. The number of nitrogens with zero attached hydrogens (tertiary/aromatic N) is 2. The molecule has 2 heterocycles. The Morgan fingerprint density at radius 1 is 1.17 bits per heavy atom. The molecule has 154 valence electrons. The third kappa shape index (κ3) is 7.15. The maximum absolute atomic E-state index is 11.9. The molecular formula is C21H19N3O6. The van der Waals surface area contributed by atoms with Crippen molar-refractivity contribution in [2.45, 2.75) is 6.92 Å². The van der Waals surface area contributed by atoms with E-state index in [-0.39, 0.29) is 37.7 Å². The number of ether oxygens (including phenoxy) is 3. The molecule has 1 N–H and O–H groups in total. The second-order valence-corrected chi connectivity index (χ2v) is 5.77. The molecule has 0 fully saturated rings. The standard InChI is InChI=1S/C21H19N3O6/c1-15-5-6-18(30-15)13-19(23-2)21(26)29-11-9-27-8-10-28-20(25)16(14-22)12-17-4-3-7-24-17/h3-7,12-13,24H,8-11H2,1H3/b16-12+,19-13-. The van der Waals surface area contributed by atoms with Crippen LogP contribution in [-0.4, -0.2) is 43.4 Å². The summed E-state index contributed by atoms with van der Waals surface area (Å²) < 4.78 is 20.4. The van der Waals surface area contributed by atoms with Crippen LogP contribution < -0.4 is 0 Å². The number of furan rings is 1. The van der Waals surface area contributed by atoms with Crippen molar-refractivity contribution in [3.63, 3.8) is 0 Å². The highest BCUT2D eigenvalue weighted by molar-refractivity contribution is 5.97. The number of nitrogens with one attached hydrogen (secondary N) is 1. The Hall–Kier alpha value is -4.08. The molecule has 0 atom stereocenters. The number of carbonyl (C=O) groups is 2. The lowest BCUT2D eigenvalue weighted by atomic mass is 10.2. The summed E-state index contributed by atoms with van der Waals surface area (Å²) in [6.07, 6.45) is 4.35. The summed E-state index contributed by atoms with van der Waals surface area (Å²) in [4.78, 5) is 29.7. The smallest absolute Gasteiger partial charge is 0.349 e. The molecule has 9 nitrogen and oxygen atoms in total. The molecule has 0 aromatic carbocycles. The van der Waals surface area contributed by atoms with Crippen LogP contribution in [0.25, 0.3) is 17.0 Å². The number of aryl methyl sites for hydroxylation is 1. The number of aromatic nitrogens is 1. The van der Waals surface area contributed by atoms with E-state index in [0.29, 0.717) is 17.2 Å². The minimum Gasteiger partial charge on any atom is -0.468 e. The minimum absolute atomic E-state index is 0.0534. The van der Waals surface area contributed by atoms with Gasteiger partial charge in [-0.05, 0) is 43.3 Å². The molecule has 0 bridgehead atoms. The molecule has 0 saturated heterocycles. The van der Waals surface area contributed by atoms with Gasteiger partial charge < -0.3 is 23.6 Å². The average Bonchev–Trinajstić information content (AvgIpc) is 3.40. The zero-order valence-corrected chi connectivity index (χ0v) is 16.2. The van der Waals surface area contributed by atoms with Gasteiger partial charge in [0.05, 0.1) is 19.8 Å². The molecular weight excluding hydrogens is 390 g/mol.